The second kappa shape index (κ2) is 8.69. The molecule has 6 nitrogen and oxygen atoms in total. The van der Waals surface area contributed by atoms with E-state index >= 15 is 0 Å². The monoisotopic (exact) mass is 382 g/mol. The quantitative estimate of drug-likeness (QED) is 0.777. The molecule has 0 heterocycles. The molecule has 2 rings (SSSR count). The smallest absolute Gasteiger partial charge is 0.410 e. The number of hydrogen-bond acceptors (Lipinski definition) is 4. The maximum absolute atomic E-state index is 12.3. The van der Waals surface area contributed by atoms with Crippen molar-refractivity contribution in [2.45, 2.75) is 39.8 Å². The Morgan fingerprint density at radius 3 is 2.29 bits per heavy atom. The normalized spacial score (nSPS) is 10.9. The van der Waals surface area contributed by atoms with Crippen LogP contribution >= 0.6 is 0 Å². The number of nitrogens with zero attached hydrogens (tertiary/aromatic N) is 1. The van der Waals surface area contributed by atoms with Crippen molar-refractivity contribution in [3.8, 4) is 0 Å². The van der Waals surface area contributed by atoms with Crippen molar-refractivity contribution in [3.05, 3.63) is 64.7 Å². The topological polar surface area (TPSA) is 75.7 Å². The highest BCUT2D eigenvalue weighted by molar-refractivity contribution is 6.04. The van der Waals surface area contributed by atoms with E-state index in [4.69, 9.17) is 4.74 Å². The summed E-state index contributed by atoms with van der Waals surface area (Å²) < 4.78 is 5.36. The lowest BCUT2D eigenvalue weighted by atomic mass is 10.1. The highest BCUT2D eigenvalue weighted by atomic mass is 16.6. The third-order valence-corrected chi connectivity index (χ3v) is 4.02. The highest BCUT2D eigenvalue weighted by Crippen LogP contribution is 2.19. The summed E-state index contributed by atoms with van der Waals surface area (Å²) in [7, 11) is 1.69. The molecule has 0 aromatic heterocycles. The predicted molar refractivity (Wildman–Crippen MR) is 109 cm³/mol. The van der Waals surface area contributed by atoms with Gasteiger partial charge in [-0.25, -0.2) is 4.79 Å². The number of benzene rings is 2. The van der Waals surface area contributed by atoms with E-state index in [9.17, 15) is 14.4 Å². The zero-order chi connectivity index (χ0) is 20.9. The fraction of sp³-hybridized carbons (Fsp3) is 0.318. The molecule has 0 radical (unpaired) electrons. The van der Waals surface area contributed by atoms with Crippen LogP contribution in [0.3, 0.4) is 0 Å². The summed E-state index contributed by atoms with van der Waals surface area (Å²) in [6.07, 6.45) is 0.348. The summed E-state index contributed by atoms with van der Waals surface area (Å²) in [4.78, 5) is 36.7. The molecule has 0 unspecified atom stereocenters. The first-order valence-corrected chi connectivity index (χ1v) is 8.99. The molecule has 0 saturated carbocycles. The standard InChI is InChI=1S/C22H26N2O4/c1-15-12-19(23-20(26)17-8-6-16(14-25)7-9-17)11-10-18(15)13-24(5)21(27)28-22(2,3)4/h6-12,14H,13H2,1-5H3,(H,23,26). The molecule has 2 amide bonds. The molecule has 0 aliphatic heterocycles. The number of hydrogen-bond donors (Lipinski definition) is 1. The minimum absolute atomic E-state index is 0.254. The average Bonchev–Trinajstić information content (AvgIpc) is 2.62. The molecule has 0 aliphatic carbocycles. The maximum atomic E-state index is 12.3. The van der Waals surface area contributed by atoms with Gasteiger partial charge in [0.2, 0.25) is 0 Å². The lowest BCUT2D eigenvalue weighted by Crippen LogP contribution is -2.33. The Hall–Kier alpha value is -3.15. The largest absolute Gasteiger partial charge is 0.444 e. The van der Waals surface area contributed by atoms with Crippen molar-refractivity contribution >= 4 is 24.0 Å². The fourth-order valence-corrected chi connectivity index (χ4v) is 2.53. The Bertz CT molecular complexity index is 867. The van der Waals surface area contributed by atoms with Gasteiger partial charge in [0.1, 0.15) is 11.9 Å². The zero-order valence-corrected chi connectivity index (χ0v) is 16.9. The van der Waals surface area contributed by atoms with E-state index in [2.05, 4.69) is 5.32 Å². The van der Waals surface area contributed by atoms with E-state index in [1.54, 1.807) is 37.4 Å². The molecule has 2 aromatic rings. The Kier molecular flexibility index (Phi) is 6.57. The van der Waals surface area contributed by atoms with Crippen LogP contribution in [-0.2, 0) is 11.3 Å². The molecule has 0 atom stereocenters. The molecule has 1 N–H and O–H groups in total. The van der Waals surface area contributed by atoms with E-state index in [0.717, 1.165) is 17.4 Å². The van der Waals surface area contributed by atoms with Gasteiger partial charge in [-0.05, 0) is 63.1 Å². The van der Waals surface area contributed by atoms with Crippen molar-refractivity contribution in [2.75, 3.05) is 12.4 Å². The molecule has 6 heteroatoms. The fourth-order valence-electron chi connectivity index (χ4n) is 2.53. The average molecular weight is 382 g/mol. The number of aldehydes is 1. The number of aryl methyl sites for hydroxylation is 1. The van der Waals surface area contributed by atoms with Gasteiger partial charge in [0.15, 0.2) is 0 Å². The van der Waals surface area contributed by atoms with Crippen LogP contribution in [0.4, 0.5) is 10.5 Å². The lowest BCUT2D eigenvalue weighted by Gasteiger charge is -2.25. The summed E-state index contributed by atoms with van der Waals surface area (Å²) in [6, 6.07) is 11.9. The van der Waals surface area contributed by atoms with Crippen molar-refractivity contribution < 1.29 is 19.1 Å². The summed E-state index contributed by atoms with van der Waals surface area (Å²) >= 11 is 0. The van der Waals surface area contributed by atoms with E-state index in [1.165, 1.54) is 4.90 Å². The number of ether oxygens (including phenoxy) is 1. The van der Waals surface area contributed by atoms with Crippen LogP contribution in [0, 0.1) is 6.92 Å². The van der Waals surface area contributed by atoms with E-state index in [0.29, 0.717) is 23.4 Å². The number of carbonyl (C=O) groups is 3. The van der Waals surface area contributed by atoms with Crippen LogP contribution in [0.25, 0.3) is 0 Å². The van der Waals surface area contributed by atoms with Gasteiger partial charge in [0.05, 0.1) is 0 Å². The van der Waals surface area contributed by atoms with Crippen molar-refractivity contribution in [1.82, 2.24) is 4.90 Å². The SMILES string of the molecule is Cc1cc(NC(=O)c2ccc(C=O)cc2)ccc1CN(C)C(=O)OC(C)(C)C. The van der Waals surface area contributed by atoms with Gasteiger partial charge in [0, 0.05) is 30.4 Å². The van der Waals surface area contributed by atoms with Gasteiger partial charge < -0.3 is 15.0 Å². The summed E-state index contributed by atoms with van der Waals surface area (Å²) in [5.74, 6) is -0.254. The number of nitrogens with one attached hydrogen (secondary N) is 1. The summed E-state index contributed by atoms with van der Waals surface area (Å²) in [5.41, 5.74) is 3.01. The van der Waals surface area contributed by atoms with E-state index < -0.39 is 5.60 Å². The highest BCUT2D eigenvalue weighted by Gasteiger charge is 2.20. The number of anilines is 1. The maximum Gasteiger partial charge on any atom is 0.410 e. The van der Waals surface area contributed by atoms with Crippen LogP contribution in [0.5, 0.6) is 0 Å². The zero-order valence-electron chi connectivity index (χ0n) is 16.9. The Morgan fingerprint density at radius 1 is 1.11 bits per heavy atom. The number of carbonyl (C=O) groups excluding carboxylic acids is 3. The molecule has 0 fully saturated rings. The van der Waals surface area contributed by atoms with Crippen LogP contribution < -0.4 is 5.32 Å². The van der Waals surface area contributed by atoms with Gasteiger partial charge in [-0.15, -0.1) is 0 Å². The van der Waals surface area contributed by atoms with E-state index in [-0.39, 0.29) is 12.0 Å². The first-order valence-electron chi connectivity index (χ1n) is 8.99. The number of amides is 2. The third kappa shape index (κ3) is 5.94. The second-order valence-electron chi connectivity index (χ2n) is 7.67. The molecule has 0 saturated heterocycles. The second-order valence-corrected chi connectivity index (χ2v) is 7.67. The molecule has 0 spiro atoms. The first kappa shape index (κ1) is 21.2. The molecule has 28 heavy (non-hydrogen) atoms. The van der Waals surface area contributed by atoms with Crippen molar-refractivity contribution in [1.29, 1.82) is 0 Å². The van der Waals surface area contributed by atoms with Gasteiger partial charge in [-0.2, -0.15) is 0 Å². The molecule has 148 valence electrons. The van der Waals surface area contributed by atoms with E-state index in [1.807, 2.05) is 39.8 Å². The Labute approximate surface area is 165 Å². The molecular formula is C22H26N2O4. The summed E-state index contributed by atoms with van der Waals surface area (Å²) in [5, 5.41) is 2.84. The molecule has 0 aliphatic rings. The van der Waals surface area contributed by atoms with Gasteiger partial charge in [0.25, 0.3) is 5.91 Å². The Balaban J connectivity index is 2.03. The lowest BCUT2D eigenvalue weighted by molar-refractivity contribution is 0.0285. The van der Waals surface area contributed by atoms with Crippen LogP contribution in [0.2, 0.25) is 0 Å². The first-order chi connectivity index (χ1) is 13.1. The molecular weight excluding hydrogens is 356 g/mol. The third-order valence-electron chi connectivity index (χ3n) is 4.02. The van der Waals surface area contributed by atoms with Crippen LogP contribution in [0.1, 0.15) is 52.6 Å². The van der Waals surface area contributed by atoms with Crippen molar-refractivity contribution in [3.63, 3.8) is 0 Å². The number of rotatable bonds is 5. The summed E-state index contributed by atoms with van der Waals surface area (Å²) in [6.45, 7) is 7.81. The predicted octanol–water partition coefficient (Wildman–Crippen LogP) is 4.43. The van der Waals surface area contributed by atoms with Gasteiger partial charge in [-0.1, -0.05) is 18.2 Å². The minimum Gasteiger partial charge on any atom is -0.444 e. The molecule has 2 aromatic carbocycles. The van der Waals surface area contributed by atoms with Gasteiger partial charge >= 0.3 is 6.09 Å². The molecule has 0 bridgehead atoms. The minimum atomic E-state index is -0.543. The van der Waals surface area contributed by atoms with Gasteiger partial charge in [-0.3, -0.25) is 9.59 Å². The van der Waals surface area contributed by atoms with Crippen LogP contribution in [0.15, 0.2) is 42.5 Å². The Morgan fingerprint density at radius 2 is 1.75 bits per heavy atom. The van der Waals surface area contributed by atoms with Crippen LogP contribution in [-0.4, -0.2) is 35.8 Å². The van der Waals surface area contributed by atoms with Crippen molar-refractivity contribution in [2.24, 2.45) is 0 Å².